The summed E-state index contributed by atoms with van der Waals surface area (Å²) in [6.45, 7) is -0.495. The number of aliphatic hydroxyl groups is 1. The Morgan fingerprint density at radius 1 is 1.50 bits per heavy atom. The van der Waals surface area contributed by atoms with E-state index in [0.717, 1.165) is 0 Å². The second kappa shape index (κ2) is 5.66. The summed E-state index contributed by atoms with van der Waals surface area (Å²) in [7, 11) is 0. The van der Waals surface area contributed by atoms with Gasteiger partial charge in [-0.05, 0) is 12.1 Å². The second-order valence-electron chi connectivity index (χ2n) is 2.84. The van der Waals surface area contributed by atoms with Crippen LogP contribution in [0.25, 0.3) is 0 Å². The molecule has 0 fully saturated rings. The van der Waals surface area contributed by atoms with Crippen LogP contribution < -0.4 is 15.8 Å². The molecule has 0 atom stereocenters. The van der Waals surface area contributed by atoms with Crippen molar-refractivity contribution in [3.05, 3.63) is 24.0 Å². The van der Waals surface area contributed by atoms with E-state index in [-0.39, 0.29) is 13.2 Å². The van der Waals surface area contributed by atoms with Crippen LogP contribution in [0.4, 0.5) is 4.79 Å². The first-order valence-electron chi connectivity index (χ1n) is 4.39. The van der Waals surface area contributed by atoms with E-state index in [0.29, 0.717) is 11.4 Å². The summed E-state index contributed by atoms with van der Waals surface area (Å²) < 4.78 is 5.00. The number of imide groups is 1. The van der Waals surface area contributed by atoms with E-state index in [1.54, 1.807) is 12.1 Å². The minimum absolute atomic E-state index is 0.164. The van der Waals surface area contributed by atoms with Crippen LogP contribution in [-0.4, -0.2) is 28.6 Å². The highest BCUT2D eigenvalue weighted by Crippen LogP contribution is 2.08. The van der Waals surface area contributed by atoms with Crippen molar-refractivity contribution in [1.29, 1.82) is 0 Å². The Labute approximate surface area is 91.2 Å². The monoisotopic (exact) mass is 225 g/mol. The van der Waals surface area contributed by atoms with Gasteiger partial charge in [0.25, 0.3) is 5.91 Å². The van der Waals surface area contributed by atoms with Gasteiger partial charge in [-0.2, -0.15) is 0 Å². The minimum atomic E-state index is -0.928. The van der Waals surface area contributed by atoms with Crippen LogP contribution in [0.1, 0.15) is 5.69 Å². The smallest absolute Gasteiger partial charge is 0.318 e. The molecule has 16 heavy (non-hydrogen) atoms. The summed E-state index contributed by atoms with van der Waals surface area (Å²) in [6.07, 6.45) is 1.36. The van der Waals surface area contributed by atoms with Gasteiger partial charge in [0.05, 0.1) is 18.5 Å². The number of rotatable bonds is 4. The van der Waals surface area contributed by atoms with Crippen LogP contribution >= 0.6 is 0 Å². The molecule has 0 aromatic carbocycles. The fourth-order valence-electron chi connectivity index (χ4n) is 0.912. The summed E-state index contributed by atoms with van der Waals surface area (Å²) in [5.74, 6) is -0.282. The summed E-state index contributed by atoms with van der Waals surface area (Å²) in [6, 6.07) is 2.18. The number of aliphatic hydroxyl groups excluding tert-OH is 1. The second-order valence-corrected chi connectivity index (χ2v) is 2.84. The molecule has 3 amide bonds. The van der Waals surface area contributed by atoms with E-state index in [9.17, 15) is 9.59 Å². The lowest BCUT2D eigenvalue weighted by atomic mass is 10.3. The Morgan fingerprint density at radius 2 is 2.25 bits per heavy atom. The Balaban J connectivity index is 2.42. The number of carbonyl (C=O) groups excluding carboxylic acids is 2. The molecule has 0 aliphatic rings. The minimum Gasteiger partial charge on any atom is -0.482 e. The van der Waals surface area contributed by atoms with Crippen LogP contribution in [0.3, 0.4) is 0 Å². The number of hydrogen-bond donors (Lipinski definition) is 3. The molecule has 0 saturated heterocycles. The number of aromatic nitrogens is 1. The van der Waals surface area contributed by atoms with Crippen molar-refractivity contribution in [2.75, 3.05) is 6.61 Å². The number of amides is 3. The van der Waals surface area contributed by atoms with E-state index in [1.165, 1.54) is 6.20 Å². The molecule has 1 aromatic rings. The Kier molecular flexibility index (Phi) is 4.22. The molecule has 4 N–H and O–H groups in total. The van der Waals surface area contributed by atoms with Crippen molar-refractivity contribution in [3.63, 3.8) is 0 Å². The number of urea groups is 1. The molecule has 1 aromatic heterocycles. The quantitative estimate of drug-likeness (QED) is 0.617. The van der Waals surface area contributed by atoms with Crippen molar-refractivity contribution in [1.82, 2.24) is 10.3 Å². The van der Waals surface area contributed by atoms with Gasteiger partial charge >= 0.3 is 6.03 Å². The van der Waals surface area contributed by atoms with Crippen LogP contribution in [0.5, 0.6) is 5.75 Å². The predicted octanol–water partition coefficient (Wildman–Crippen LogP) is -0.852. The lowest BCUT2D eigenvalue weighted by Crippen LogP contribution is -2.38. The van der Waals surface area contributed by atoms with Gasteiger partial charge in [-0.3, -0.25) is 15.1 Å². The average Bonchev–Trinajstić information content (AvgIpc) is 2.26. The number of nitrogens with zero attached hydrogens (tertiary/aromatic N) is 1. The summed E-state index contributed by atoms with van der Waals surface area (Å²) in [5.41, 5.74) is 5.23. The molecule has 0 aliphatic carbocycles. The maximum atomic E-state index is 11.0. The lowest BCUT2D eigenvalue weighted by molar-refractivity contribution is -0.121. The van der Waals surface area contributed by atoms with Crippen LogP contribution in [0.15, 0.2) is 18.3 Å². The molecule has 1 rings (SSSR count). The molecule has 0 bridgehead atoms. The molecular formula is C9H11N3O4. The largest absolute Gasteiger partial charge is 0.482 e. The standard InChI is InChI=1S/C9H11N3O4/c10-9(15)12-8(14)5-16-7-2-1-6(4-13)11-3-7/h1-3,13H,4-5H2,(H3,10,12,14,15). The van der Waals surface area contributed by atoms with Crippen molar-refractivity contribution in [2.24, 2.45) is 5.73 Å². The van der Waals surface area contributed by atoms with Crippen molar-refractivity contribution >= 4 is 11.9 Å². The highest BCUT2D eigenvalue weighted by atomic mass is 16.5. The van der Waals surface area contributed by atoms with Crippen LogP contribution in [-0.2, 0) is 11.4 Å². The predicted molar refractivity (Wildman–Crippen MR) is 53.4 cm³/mol. The van der Waals surface area contributed by atoms with E-state index in [4.69, 9.17) is 15.6 Å². The molecular weight excluding hydrogens is 214 g/mol. The van der Waals surface area contributed by atoms with E-state index >= 15 is 0 Å². The third kappa shape index (κ3) is 3.93. The number of pyridine rings is 1. The highest BCUT2D eigenvalue weighted by molar-refractivity contribution is 5.94. The number of nitrogens with one attached hydrogen (secondary N) is 1. The maximum Gasteiger partial charge on any atom is 0.318 e. The van der Waals surface area contributed by atoms with Crippen LogP contribution in [0.2, 0.25) is 0 Å². The van der Waals surface area contributed by atoms with Gasteiger partial charge in [0.2, 0.25) is 0 Å². The zero-order valence-electron chi connectivity index (χ0n) is 8.34. The maximum absolute atomic E-state index is 11.0. The van der Waals surface area contributed by atoms with Gasteiger partial charge in [0.15, 0.2) is 6.61 Å². The normalized spacial score (nSPS) is 9.56. The number of hydrogen-bond acceptors (Lipinski definition) is 5. The van der Waals surface area contributed by atoms with E-state index in [2.05, 4.69) is 4.98 Å². The number of carbonyl (C=O) groups is 2. The molecule has 86 valence electrons. The molecule has 1 heterocycles. The third-order valence-corrected chi connectivity index (χ3v) is 1.59. The number of ether oxygens (including phenoxy) is 1. The molecule has 0 spiro atoms. The average molecular weight is 225 g/mol. The Morgan fingerprint density at radius 3 is 2.75 bits per heavy atom. The fourth-order valence-corrected chi connectivity index (χ4v) is 0.912. The van der Waals surface area contributed by atoms with Gasteiger partial charge in [-0.25, -0.2) is 4.79 Å². The van der Waals surface area contributed by atoms with Gasteiger partial charge in [-0.1, -0.05) is 0 Å². The first kappa shape index (κ1) is 11.9. The highest BCUT2D eigenvalue weighted by Gasteiger charge is 2.05. The molecule has 0 radical (unpaired) electrons. The van der Waals surface area contributed by atoms with Crippen molar-refractivity contribution < 1.29 is 19.4 Å². The molecule has 0 saturated carbocycles. The SMILES string of the molecule is NC(=O)NC(=O)COc1ccc(CO)nc1. The first-order chi connectivity index (χ1) is 7.61. The van der Waals surface area contributed by atoms with E-state index < -0.39 is 11.9 Å². The van der Waals surface area contributed by atoms with Crippen molar-refractivity contribution in [2.45, 2.75) is 6.61 Å². The lowest BCUT2D eigenvalue weighted by Gasteiger charge is -2.05. The number of nitrogens with two attached hydrogens (primary N) is 1. The van der Waals surface area contributed by atoms with Crippen LogP contribution in [0, 0.1) is 0 Å². The Bertz CT molecular complexity index is 377. The van der Waals surface area contributed by atoms with Gasteiger partial charge in [-0.15, -0.1) is 0 Å². The third-order valence-electron chi connectivity index (χ3n) is 1.59. The topological polar surface area (TPSA) is 115 Å². The molecule has 0 aliphatic heterocycles. The molecule has 0 unspecified atom stereocenters. The van der Waals surface area contributed by atoms with E-state index in [1.807, 2.05) is 5.32 Å². The zero-order valence-corrected chi connectivity index (χ0v) is 8.34. The summed E-state index contributed by atoms with van der Waals surface area (Å²) >= 11 is 0. The van der Waals surface area contributed by atoms with Gasteiger partial charge in [0.1, 0.15) is 5.75 Å². The van der Waals surface area contributed by atoms with Gasteiger partial charge < -0.3 is 15.6 Å². The fraction of sp³-hybridized carbons (Fsp3) is 0.222. The van der Waals surface area contributed by atoms with Gasteiger partial charge in [0, 0.05) is 0 Å². The summed E-state index contributed by atoms with van der Waals surface area (Å²) in [5, 5.41) is 10.6. The molecule has 7 nitrogen and oxygen atoms in total. The summed E-state index contributed by atoms with van der Waals surface area (Å²) in [4.78, 5) is 25.1. The Hall–Kier alpha value is -2.15. The van der Waals surface area contributed by atoms with Crippen molar-refractivity contribution in [3.8, 4) is 5.75 Å². The number of primary amides is 1. The first-order valence-corrected chi connectivity index (χ1v) is 4.39. The zero-order chi connectivity index (χ0) is 12.0. The molecule has 7 heteroatoms.